The fourth-order valence-electron chi connectivity index (χ4n) is 0.889. The van der Waals surface area contributed by atoms with Gasteiger partial charge in [0, 0.05) is 12.4 Å². The SMILES string of the molecule is CC(N)C(=O)O.C[N+](C)(C)CC(O)CC(=O)[O-]. The van der Waals surface area contributed by atoms with Gasteiger partial charge in [-0.2, -0.15) is 0 Å². The van der Waals surface area contributed by atoms with Gasteiger partial charge in [0.05, 0.1) is 21.1 Å². The van der Waals surface area contributed by atoms with Crippen LogP contribution < -0.4 is 10.8 Å². The number of carbonyl (C=O) groups excluding carboxylic acids is 1. The van der Waals surface area contributed by atoms with Gasteiger partial charge >= 0.3 is 5.97 Å². The molecule has 0 radical (unpaired) electrons. The van der Waals surface area contributed by atoms with Crippen molar-refractivity contribution in [1.82, 2.24) is 0 Å². The molecule has 17 heavy (non-hydrogen) atoms. The van der Waals surface area contributed by atoms with Crippen molar-refractivity contribution in [2.75, 3.05) is 27.7 Å². The molecular weight excluding hydrogens is 228 g/mol. The molecule has 0 aliphatic carbocycles. The number of carboxylic acid groups (broad SMARTS) is 2. The number of hydrogen-bond acceptors (Lipinski definition) is 5. The van der Waals surface area contributed by atoms with Gasteiger partial charge in [0.15, 0.2) is 0 Å². The Morgan fingerprint density at radius 1 is 1.35 bits per heavy atom. The van der Waals surface area contributed by atoms with Crippen molar-refractivity contribution in [2.24, 2.45) is 5.73 Å². The number of nitrogens with two attached hydrogens (primary N) is 1. The Kier molecular flexibility index (Phi) is 8.55. The molecule has 0 aromatic rings. The minimum Gasteiger partial charge on any atom is -0.550 e. The lowest BCUT2D eigenvalue weighted by atomic mass is 10.2. The predicted molar refractivity (Wildman–Crippen MR) is 59.8 cm³/mol. The summed E-state index contributed by atoms with van der Waals surface area (Å²) < 4.78 is 0.550. The van der Waals surface area contributed by atoms with Crippen molar-refractivity contribution >= 4 is 11.9 Å². The molecule has 0 rings (SSSR count). The lowest BCUT2D eigenvalue weighted by Crippen LogP contribution is -2.43. The van der Waals surface area contributed by atoms with Gasteiger partial charge in [0.25, 0.3) is 0 Å². The lowest BCUT2D eigenvalue weighted by molar-refractivity contribution is -0.873. The molecule has 0 aromatic carbocycles. The Morgan fingerprint density at radius 3 is 1.88 bits per heavy atom. The number of aliphatic carboxylic acids is 2. The van der Waals surface area contributed by atoms with E-state index in [1.54, 1.807) is 0 Å². The Balaban J connectivity index is 0. The van der Waals surface area contributed by atoms with Crippen LogP contribution in [0.1, 0.15) is 13.3 Å². The molecule has 0 saturated heterocycles. The quantitative estimate of drug-likeness (QED) is 0.468. The van der Waals surface area contributed by atoms with Crippen molar-refractivity contribution in [3.63, 3.8) is 0 Å². The van der Waals surface area contributed by atoms with E-state index in [1.165, 1.54) is 6.92 Å². The fourth-order valence-corrected chi connectivity index (χ4v) is 0.889. The summed E-state index contributed by atoms with van der Waals surface area (Å²) in [5, 5.41) is 27.0. The van der Waals surface area contributed by atoms with E-state index in [1.807, 2.05) is 21.1 Å². The van der Waals surface area contributed by atoms with Gasteiger partial charge in [-0.05, 0) is 6.92 Å². The second kappa shape index (κ2) is 7.99. The number of likely N-dealkylation sites (N-methyl/N-ethyl adjacent to an activating group) is 1. The van der Waals surface area contributed by atoms with Gasteiger partial charge < -0.3 is 30.3 Å². The first-order valence-corrected chi connectivity index (χ1v) is 5.12. The molecule has 2 atom stereocenters. The van der Waals surface area contributed by atoms with Gasteiger partial charge in [-0.15, -0.1) is 0 Å². The number of carboxylic acids is 2. The van der Waals surface area contributed by atoms with E-state index >= 15 is 0 Å². The maximum Gasteiger partial charge on any atom is 0.320 e. The van der Waals surface area contributed by atoms with Gasteiger partial charge in [-0.25, -0.2) is 0 Å². The van der Waals surface area contributed by atoms with Crippen LogP contribution in [0, 0.1) is 0 Å². The lowest BCUT2D eigenvalue weighted by Gasteiger charge is -2.26. The summed E-state index contributed by atoms with van der Waals surface area (Å²) in [6.07, 6.45) is -1.09. The first-order valence-electron chi connectivity index (χ1n) is 5.12. The zero-order valence-electron chi connectivity index (χ0n) is 10.7. The normalized spacial score (nSPS) is 14.2. The van der Waals surface area contributed by atoms with Crippen LogP contribution in [-0.4, -0.2) is 66.5 Å². The summed E-state index contributed by atoms with van der Waals surface area (Å²) in [6.45, 7) is 1.84. The molecule has 0 aliphatic heterocycles. The van der Waals surface area contributed by atoms with E-state index in [0.717, 1.165) is 0 Å². The molecule has 0 aliphatic rings. The minimum atomic E-state index is -1.20. The monoisotopic (exact) mass is 250 g/mol. The Hall–Kier alpha value is -1.18. The van der Waals surface area contributed by atoms with Gasteiger partial charge in [-0.1, -0.05) is 0 Å². The highest BCUT2D eigenvalue weighted by Crippen LogP contribution is 1.97. The molecule has 0 bridgehead atoms. The maximum atomic E-state index is 10.0. The average Bonchev–Trinajstić information content (AvgIpc) is 1.98. The number of quaternary nitrogens is 1. The number of aliphatic hydroxyl groups is 1. The molecule has 102 valence electrons. The topological polar surface area (TPSA) is 124 Å². The number of carbonyl (C=O) groups is 2. The molecule has 0 spiro atoms. The third kappa shape index (κ3) is 17.4. The standard InChI is InChI=1S/C7H15NO3.C3H7NO2/c1-8(2,3)5-6(9)4-7(10)11;1-2(4)3(5)6/h6,9H,4-5H2,1-3H3;2H,4H2,1H3,(H,5,6). The van der Waals surface area contributed by atoms with Crippen LogP contribution >= 0.6 is 0 Å². The molecule has 7 nitrogen and oxygen atoms in total. The van der Waals surface area contributed by atoms with Gasteiger partial charge in [0.2, 0.25) is 0 Å². The highest BCUT2D eigenvalue weighted by molar-refractivity contribution is 5.72. The molecule has 0 saturated carbocycles. The van der Waals surface area contributed by atoms with Crippen molar-refractivity contribution in [3.8, 4) is 0 Å². The van der Waals surface area contributed by atoms with Gasteiger partial charge in [-0.3, -0.25) is 4.79 Å². The van der Waals surface area contributed by atoms with Crippen LogP contribution in [0.15, 0.2) is 0 Å². The van der Waals surface area contributed by atoms with E-state index in [4.69, 9.17) is 15.9 Å². The van der Waals surface area contributed by atoms with Crippen molar-refractivity contribution < 1.29 is 29.4 Å². The molecule has 0 amide bonds. The van der Waals surface area contributed by atoms with E-state index in [-0.39, 0.29) is 6.42 Å². The van der Waals surface area contributed by atoms with Crippen LogP contribution in [0.3, 0.4) is 0 Å². The van der Waals surface area contributed by atoms with Crippen molar-refractivity contribution in [3.05, 3.63) is 0 Å². The third-order valence-corrected chi connectivity index (χ3v) is 1.55. The van der Waals surface area contributed by atoms with Crippen molar-refractivity contribution in [1.29, 1.82) is 0 Å². The van der Waals surface area contributed by atoms with E-state index in [2.05, 4.69) is 0 Å². The molecule has 4 N–H and O–H groups in total. The number of rotatable bonds is 5. The maximum absolute atomic E-state index is 10.0. The second-order valence-electron chi connectivity index (χ2n) is 4.83. The molecule has 7 heteroatoms. The van der Waals surface area contributed by atoms with Crippen LogP contribution in [-0.2, 0) is 9.59 Å². The van der Waals surface area contributed by atoms with Gasteiger partial charge in [0.1, 0.15) is 18.7 Å². The highest BCUT2D eigenvalue weighted by atomic mass is 16.4. The third-order valence-electron chi connectivity index (χ3n) is 1.55. The summed E-state index contributed by atoms with van der Waals surface area (Å²) in [4.78, 5) is 19.6. The summed E-state index contributed by atoms with van der Waals surface area (Å²) >= 11 is 0. The first-order chi connectivity index (χ1) is 7.45. The summed E-state index contributed by atoms with van der Waals surface area (Å²) in [5.41, 5.74) is 4.84. The molecule has 0 aromatic heterocycles. The van der Waals surface area contributed by atoms with Crippen molar-refractivity contribution in [2.45, 2.75) is 25.5 Å². The highest BCUT2D eigenvalue weighted by Gasteiger charge is 2.14. The van der Waals surface area contributed by atoms with E-state index in [9.17, 15) is 14.7 Å². The average molecular weight is 250 g/mol. The van der Waals surface area contributed by atoms with E-state index < -0.39 is 24.1 Å². The summed E-state index contributed by atoms with van der Waals surface area (Å²) in [5.74, 6) is -2.17. The molecule has 0 heterocycles. The first kappa shape index (κ1) is 18.2. The molecular formula is C10H22N2O5. The minimum absolute atomic E-state index is 0.282. The Morgan fingerprint density at radius 2 is 1.71 bits per heavy atom. The molecule has 0 fully saturated rings. The number of hydrogen-bond donors (Lipinski definition) is 3. The summed E-state index contributed by atoms with van der Waals surface area (Å²) in [7, 11) is 5.66. The fraction of sp³-hybridized carbons (Fsp3) is 0.800. The molecule has 2 unspecified atom stereocenters. The zero-order chi connectivity index (χ0) is 14.2. The Labute approximate surface area is 101 Å². The Bertz CT molecular complexity index is 248. The second-order valence-corrected chi connectivity index (χ2v) is 4.83. The number of nitrogens with zero attached hydrogens (tertiary/aromatic N) is 1. The smallest absolute Gasteiger partial charge is 0.320 e. The summed E-state index contributed by atoms with van der Waals surface area (Å²) in [6, 6.07) is -0.731. The number of aliphatic hydroxyl groups excluding tert-OH is 1. The van der Waals surface area contributed by atoms with Crippen LogP contribution in [0.5, 0.6) is 0 Å². The van der Waals surface area contributed by atoms with Crippen LogP contribution in [0.4, 0.5) is 0 Å². The van der Waals surface area contributed by atoms with Crippen LogP contribution in [0.25, 0.3) is 0 Å². The van der Waals surface area contributed by atoms with E-state index in [0.29, 0.717) is 11.0 Å². The predicted octanol–water partition coefficient (Wildman–Crippen LogP) is -2.39. The largest absolute Gasteiger partial charge is 0.550 e. The zero-order valence-corrected chi connectivity index (χ0v) is 10.7. The van der Waals surface area contributed by atoms with Crippen LogP contribution in [0.2, 0.25) is 0 Å².